The van der Waals surface area contributed by atoms with Gasteiger partial charge in [-0.25, -0.2) is 4.98 Å². The predicted octanol–water partition coefficient (Wildman–Crippen LogP) is 1.40. The minimum absolute atomic E-state index is 0. The summed E-state index contributed by atoms with van der Waals surface area (Å²) in [6, 6.07) is 0.329. The van der Waals surface area contributed by atoms with Crippen LogP contribution >= 0.6 is 12.4 Å². The fraction of sp³-hybridized carbons (Fsp3) is 0.750. The van der Waals surface area contributed by atoms with E-state index < -0.39 is 0 Å². The molecule has 0 spiro atoms. The van der Waals surface area contributed by atoms with Gasteiger partial charge in [0.2, 0.25) is 0 Å². The van der Waals surface area contributed by atoms with Crippen LogP contribution in [0.4, 0.5) is 0 Å². The van der Waals surface area contributed by atoms with Crippen molar-refractivity contribution in [3.63, 3.8) is 0 Å². The molecule has 98 valence electrons. The molecule has 17 heavy (non-hydrogen) atoms. The molecule has 0 radical (unpaired) electrons. The molecule has 2 heterocycles. The van der Waals surface area contributed by atoms with E-state index in [9.17, 15) is 0 Å². The summed E-state index contributed by atoms with van der Waals surface area (Å²) >= 11 is 0. The Labute approximate surface area is 110 Å². The average Bonchev–Trinajstić information content (AvgIpc) is 2.58. The smallest absolute Gasteiger partial charge is 0.0945 e. The van der Waals surface area contributed by atoms with Gasteiger partial charge in [0.15, 0.2) is 0 Å². The van der Waals surface area contributed by atoms with Gasteiger partial charge in [-0.3, -0.25) is 4.90 Å². The van der Waals surface area contributed by atoms with Crippen LogP contribution in [0.1, 0.15) is 26.0 Å². The van der Waals surface area contributed by atoms with E-state index in [1.165, 1.54) is 5.69 Å². The van der Waals surface area contributed by atoms with E-state index in [2.05, 4.69) is 28.3 Å². The molecule has 1 unspecified atom stereocenters. The Morgan fingerprint density at radius 1 is 1.53 bits per heavy atom. The zero-order chi connectivity index (χ0) is 11.8. The summed E-state index contributed by atoms with van der Waals surface area (Å²) in [5.74, 6) is 0. The van der Waals surface area contributed by atoms with Gasteiger partial charge in [0.1, 0.15) is 0 Å². The molecule has 1 atom stereocenters. The molecule has 0 saturated carbocycles. The Bertz CT molecular complexity index is 361. The van der Waals surface area contributed by atoms with Gasteiger partial charge in [0, 0.05) is 38.9 Å². The van der Waals surface area contributed by atoms with Gasteiger partial charge in [-0.2, -0.15) is 0 Å². The molecule has 0 amide bonds. The lowest BCUT2D eigenvalue weighted by atomic mass is 9.80. The van der Waals surface area contributed by atoms with Crippen LogP contribution in [0.25, 0.3) is 0 Å². The fourth-order valence-electron chi connectivity index (χ4n) is 2.39. The number of aryl methyl sites for hydroxylation is 1. The quantitative estimate of drug-likeness (QED) is 0.872. The monoisotopic (exact) mass is 258 g/mol. The molecule has 2 rings (SSSR count). The van der Waals surface area contributed by atoms with E-state index in [1.807, 2.05) is 19.6 Å². The van der Waals surface area contributed by atoms with Crippen molar-refractivity contribution in [2.45, 2.75) is 32.9 Å². The number of nitrogens with zero attached hydrogens (tertiary/aromatic N) is 3. The first kappa shape index (κ1) is 14.5. The number of hydrogen-bond donors (Lipinski definition) is 1. The number of hydrogen-bond acceptors (Lipinski definition) is 3. The van der Waals surface area contributed by atoms with Crippen LogP contribution in [-0.2, 0) is 13.6 Å². The molecular weight excluding hydrogens is 236 g/mol. The van der Waals surface area contributed by atoms with Crippen molar-refractivity contribution in [3.05, 3.63) is 18.2 Å². The largest absolute Gasteiger partial charge is 0.337 e. The minimum Gasteiger partial charge on any atom is -0.337 e. The van der Waals surface area contributed by atoms with E-state index in [-0.39, 0.29) is 17.8 Å². The van der Waals surface area contributed by atoms with Crippen LogP contribution in [-0.4, -0.2) is 33.6 Å². The molecule has 0 aliphatic carbocycles. The fourth-order valence-corrected chi connectivity index (χ4v) is 2.39. The standard InChI is InChI=1S/C12H22N4.ClH/c1-12(2)8-16(5-4-11(12)13)7-10-6-14-9-15(10)3;/h6,9,11H,4-5,7-8,13H2,1-3H3;1H. The Morgan fingerprint density at radius 3 is 2.76 bits per heavy atom. The van der Waals surface area contributed by atoms with Crippen LogP contribution in [0.2, 0.25) is 0 Å². The second kappa shape index (κ2) is 5.38. The molecule has 1 aliphatic rings. The van der Waals surface area contributed by atoms with Crippen molar-refractivity contribution in [3.8, 4) is 0 Å². The number of imidazole rings is 1. The first-order chi connectivity index (χ1) is 7.49. The van der Waals surface area contributed by atoms with Crippen LogP contribution in [0.5, 0.6) is 0 Å². The van der Waals surface area contributed by atoms with Crippen LogP contribution < -0.4 is 5.73 Å². The highest BCUT2D eigenvalue weighted by molar-refractivity contribution is 5.85. The lowest BCUT2D eigenvalue weighted by molar-refractivity contribution is 0.0882. The summed E-state index contributed by atoms with van der Waals surface area (Å²) in [6.07, 6.45) is 4.89. The maximum absolute atomic E-state index is 6.13. The molecule has 2 N–H and O–H groups in total. The van der Waals surface area contributed by atoms with Gasteiger partial charge < -0.3 is 10.3 Å². The third kappa shape index (κ3) is 3.21. The molecule has 0 aromatic carbocycles. The van der Waals surface area contributed by atoms with Crippen molar-refractivity contribution >= 4 is 12.4 Å². The van der Waals surface area contributed by atoms with E-state index in [1.54, 1.807) is 0 Å². The molecule has 1 aromatic heterocycles. The Morgan fingerprint density at radius 2 is 2.24 bits per heavy atom. The predicted molar refractivity (Wildman–Crippen MR) is 72.1 cm³/mol. The van der Waals surface area contributed by atoms with Crippen molar-refractivity contribution in [2.24, 2.45) is 18.2 Å². The molecular formula is C12H23ClN4. The lowest BCUT2D eigenvalue weighted by Gasteiger charge is -2.42. The van der Waals surface area contributed by atoms with Gasteiger partial charge >= 0.3 is 0 Å². The third-order valence-corrected chi connectivity index (χ3v) is 3.69. The van der Waals surface area contributed by atoms with Gasteiger partial charge in [0.25, 0.3) is 0 Å². The third-order valence-electron chi connectivity index (χ3n) is 3.69. The highest BCUT2D eigenvalue weighted by Crippen LogP contribution is 2.28. The summed E-state index contributed by atoms with van der Waals surface area (Å²) in [6.45, 7) is 7.65. The summed E-state index contributed by atoms with van der Waals surface area (Å²) < 4.78 is 2.08. The first-order valence-electron chi connectivity index (χ1n) is 5.92. The SMILES string of the molecule is Cl.Cn1cncc1CN1CCC(N)C(C)(C)C1. The summed E-state index contributed by atoms with van der Waals surface area (Å²) in [5, 5.41) is 0. The van der Waals surface area contributed by atoms with Crippen molar-refractivity contribution in [1.82, 2.24) is 14.5 Å². The number of piperidine rings is 1. The molecule has 1 aromatic rings. The van der Waals surface area contributed by atoms with Crippen LogP contribution in [0.3, 0.4) is 0 Å². The van der Waals surface area contributed by atoms with Gasteiger partial charge in [-0.1, -0.05) is 13.8 Å². The number of rotatable bonds is 2. The molecule has 0 bridgehead atoms. The highest BCUT2D eigenvalue weighted by Gasteiger charge is 2.33. The molecule has 1 fully saturated rings. The van der Waals surface area contributed by atoms with Crippen LogP contribution in [0, 0.1) is 5.41 Å². The lowest BCUT2D eigenvalue weighted by Crippen LogP contribution is -2.52. The number of aromatic nitrogens is 2. The van der Waals surface area contributed by atoms with Gasteiger partial charge in [-0.15, -0.1) is 12.4 Å². The summed E-state index contributed by atoms with van der Waals surface area (Å²) in [5.41, 5.74) is 7.62. The summed E-state index contributed by atoms with van der Waals surface area (Å²) in [4.78, 5) is 6.62. The average molecular weight is 259 g/mol. The number of likely N-dealkylation sites (tertiary alicyclic amines) is 1. The van der Waals surface area contributed by atoms with E-state index in [0.717, 1.165) is 26.1 Å². The molecule has 1 saturated heterocycles. The van der Waals surface area contributed by atoms with Gasteiger partial charge in [0.05, 0.1) is 12.0 Å². The van der Waals surface area contributed by atoms with Crippen LogP contribution in [0.15, 0.2) is 12.5 Å². The maximum Gasteiger partial charge on any atom is 0.0945 e. The second-order valence-electron chi connectivity index (χ2n) is 5.59. The summed E-state index contributed by atoms with van der Waals surface area (Å²) in [7, 11) is 2.04. The minimum atomic E-state index is 0. The zero-order valence-corrected chi connectivity index (χ0v) is 11.7. The Hall–Kier alpha value is -0.580. The van der Waals surface area contributed by atoms with E-state index in [4.69, 9.17) is 5.73 Å². The topological polar surface area (TPSA) is 47.1 Å². The second-order valence-corrected chi connectivity index (χ2v) is 5.59. The maximum atomic E-state index is 6.13. The first-order valence-corrected chi connectivity index (χ1v) is 5.92. The van der Waals surface area contributed by atoms with Crippen molar-refractivity contribution in [2.75, 3.05) is 13.1 Å². The number of halogens is 1. The van der Waals surface area contributed by atoms with E-state index >= 15 is 0 Å². The molecule has 1 aliphatic heterocycles. The Balaban J connectivity index is 0.00000144. The van der Waals surface area contributed by atoms with Crippen molar-refractivity contribution < 1.29 is 0 Å². The Kier molecular flexibility index (Phi) is 4.58. The number of nitrogens with two attached hydrogens (primary N) is 1. The van der Waals surface area contributed by atoms with Gasteiger partial charge in [-0.05, 0) is 11.8 Å². The van der Waals surface area contributed by atoms with Crippen molar-refractivity contribution in [1.29, 1.82) is 0 Å². The molecule has 4 nitrogen and oxygen atoms in total. The normalized spacial score (nSPS) is 24.4. The highest BCUT2D eigenvalue weighted by atomic mass is 35.5. The zero-order valence-electron chi connectivity index (χ0n) is 10.9. The molecule has 5 heteroatoms. The van der Waals surface area contributed by atoms with E-state index in [0.29, 0.717) is 6.04 Å².